The number of rotatable bonds is 2. The molecule has 0 radical (unpaired) electrons. The number of hydrogen-bond donors (Lipinski definition) is 2. The number of benzene rings is 1. The second-order valence-corrected chi connectivity index (χ2v) is 5.14. The molecule has 86 valence electrons. The Hall–Kier alpha value is -1.18. The molecular formula is C9H10N2O3S2. The fourth-order valence-corrected chi connectivity index (χ4v) is 2.46. The standard InChI is InChI=1S/C9H10N2O3S2/c1-2-11-8-4-3-6(16(12,13)14)5-7(8)10-9(11)15/h3-5H,2H2,1H3,(H,10,15)(H,12,13,14). The van der Waals surface area contributed by atoms with Crippen molar-refractivity contribution < 1.29 is 13.0 Å². The summed E-state index contributed by atoms with van der Waals surface area (Å²) < 4.78 is 33.2. The Morgan fingerprint density at radius 1 is 1.50 bits per heavy atom. The predicted molar refractivity (Wildman–Crippen MR) is 62.6 cm³/mol. The van der Waals surface area contributed by atoms with Crippen LogP contribution in [0.4, 0.5) is 0 Å². The zero-order valence-corrected chi connectivity index (χ0v) is 10.1. The first-order valence-electron chi connectivity index (χ1n) is 4.63. The van der Waals surface area contributed by atoms with Gasteiger partial charge < -0.3 is 9.55 Å². The molecule has 0 atom stereocenters. The summed E-state index contributed by atoms with van der Waals surface area (Å²) in [6, 6.07) is 4.34. The normalized spacial score (nSPS) is 12.1. The number of H-pyrrole nitrogens is 1. The fraction of sp³-hybridized carbons (Fsp3) is 0.222. The van der Waals surface area contributed by atoms with Crippen LogP contribution in [-0.4, -0.2) is 22.5 Å². The molecule has 0 aliphatic carbocycles. The van der Waals surface area contributed by atoms with Gasteiger partial charge in [0.2, 0.25) is 0 Å². The van der Waals surface area contributed by atoms with Gasteiger partial charge in [0.15, 0.2) is 4.77 Å². The lowest BCUT2D eigenvalue weighted by molar-refractivity contribution is 0.483. The van der Waals surface area contributed by atoms with Crippen molar-refractivity contribution in [3.63, 3.8) is 0 Å². The van der Waals surface area contributed by atoms with Crippen molar-refractivity contribution in [2.24, 2.45) is 0 Å². The van der Waals surface area contributed by atoms with Gasteiger partial charge in [-0.05, 0) is 37.3 Å². The number of fused-ring (bicyclic) bond motifs is 1. The van der Waals surface area contributed by atoms with Crippen LogP contribution >= 0.6 is 12.2 Å². The first kappa shape index (κ1) is 11.3. The Kier molecular flexibility index (Phi) is 2.61. The Balaban J connectivity index is 2.80. The Bertz CT molecular complexity index is 697. The van der Waals surface area contributed by atoms with Gasteiger partial charge in [-0.15, -0.1) is 0 Å². The van der Waals surface area contributed by atoms with E-state index >= 15 is 0 Å². The molecule has 0 bridgehead atoms. The summed E-state index contributed by atoms with van der Waals surface area (Å²) in [5, 5.41) is 0. The van der Waals surface area contributed by atoms with Gasteiger partial charge >= 0.3 is 0 Å². The van der Waals surface area contributed by atoms with Crippen LogP contribution in [-0.2, 0) is 16.7 Å². The maximum atomic E-state index is 10.9. The Labute approximate surface area is 97.5 Å². The van der Waals surface area contributed by atoms with Gasteiger partial charge in [0, 0.05) is 6.54 Å². The van der Waals surface area contributed by atoms with Crippen molar-refractivity contribution in [1.29, 1.82) is 0 Å². The SMILES string of the molecule is CCn1c(=S)[nH]c2cc(S(=O)(=O)O)ccc21. The van der Waals surface area contributed by atoms with Crippen LogP contribution < -0.4 is 0 Å². The van der Waals surface area contributed by atoms with E-state index < -0.39 is 10.1 Å². The quantitative estimate of drug-likeness (QED) is 0.638. The molecule has 16 heavy (non-hydrogen) atoms. The van der Waals surface area contributed by atoms with Crippen molar-refractivity contribution in [2.75, 3.05) is 0 Å². The molecule has 2 aromatic rings. The number of aryl methyl sites for hydroxylation is 1. The fourth-order valence-electron chi connectivity index (χ4n) is 1.62. The summed E-state index contributed by atoms with van der Waals surface area (Å²) in [4.78, 5) is 2.75. The van der Waals surface area contributed by atoms with Crippen molar-refractivity contribution in [3.8, 4) is 0 Å². The van der Waals surface area contributed by atoms with Gasteiger partial charge in [-0.1, -0.05) is 0 Å². The molecular weight excluding hydrogens is 248 g/mol. The highest BCUT2D eigenvalue weighted by Gasteiger charge is 2.11. The predicted octanol–water partition coefficient (Wildman–Crippen LogP) is 1.97. The Morgan fingerprint density at radius 2 is 2.19 bits per heavy atom. The van der Waals surface area contributed by atoms with Crippen LogP contribution in [0.1, 0.15) is 6.92 Å². The lowest BCUT2D eigenvalue weighted by Gasteiger charge is -2.00. The average molecular weight is 258 g/mol. The molecule has 1 aromatic carbocycles. The minimum atomic E-state index is -4.17. The molecule has 0 fully saturated rings. The minimum Gasteiger partial charge on any atom is -0.331 e. The summed E-state index contributed by atoms with van der Waals surface area (Å²) in [5.74, 6) is 0. The molecule has 5 nitrogen and oxygen atoms in total. The first-order chi connectivity index (χ1) is 7.43. The van der Waals surface area contributed by atoms with Crippen molar-refractivity contribution in [3.05, 3.63) is 23.0 Å². The van der Waals surface area contributed by atoms with Gasteiger partial charge in [0.25, 0.3) is 10.1 Å². The summed E-state index contributed by atoms with van der Waals surface area (Å²) in [5.41, 5.74) is 1.42. The van der Waals surface area contributed by atoms with Gasteiger partial charge in [-0.25, -0.2) is 0 Å². The smallest absolute Gasteiger partial charge is 0.294 e. The van der Waals surface area contributed by atoms with Crippen LogP contribution in [0, 0.1) is 4.77 Å². The van der Waals surface area contributed by atoms with E-state index in [0.29, 0.717) is 16.8 Å². The number of hydrogen-bond acceptors (Lipinski definition) is 3. The van der Waals surface area contributed by atoms with E-state index in [0.717, 1.165) is 5.52 Å². The Morgan fingerprint density at radius 3 is 2.75 bits per heavy atom. The van der Waals surface area contributed by atoms with E-state index in [1.54, 1.807) is 6.07 Å². The van der Waals surface area contributed by atoms with Crippen LogP contribution in [0.2, 0.25) is 0 Å². The summed E-state index contributed by atoms with van der Waals surface area (Å²) in [6.45, 7) is 2.64. The summed E-state index contributed by atoms with van der Waals surface area (Å²) >= 11 is 5.08. The third kappa shape index (κ3) is 1.77. The number of nitrogens with one attached hydrogen (secondary N) is 1. The van der Waals surface area contributed by atoms with Crippen LogP contribution in [0.5, 0.6) is 0 Å². The van der Waals surface area contributed by atoms with Crippen molar-refractivity contribution in [1.82, 2.24) is 9.55 Å². The van der Waals surface area contributed by atoms with Crippen molar-refractivity contribution >= 4 is 33.4 Å². The molecule has 0 unspecified atom stereocenters. The topological polar surface area (TPSA) is 75.1 Å². The van der Waals surface area contributed by atoms with Crippen LogP contribution in [0.3, 0.4) is 0 Å². The molecule has 2 rings (SSSR count). The van der Waals surface area contributed by atoms with Crippen LogP contribution in [0.15, 0.2) is 23.1 Å². The highest BCUT2D eigenvalue weighted by Crippen LogP contribution is 2.18. The van der Waals surface area contributed by atoms with E-state index in [4.69, 9.17) is 16.8 Å². The molecule has 7 heteroatoms. The third-order valence-corrected chi connectivity index (χ3v) is 3.53. The van der Waals surface area contributed by atoms with E-state index in [9.17, 15) is 8.42 Å². The highest BCUT2D eigenvalue weighted by molar-refractivity contribution is 7.85. The minimum absolute atomic E-state index is 0.139. The average Bonchev–Trinajstić information content (AvgIpc) is 2.50. The van der Waals surface area contributed by atoms with Gasteiger partial charge in [-0.2, -0.15) is 8.42 Å². The molecule has 0 aliphatic rings. The molecule has 0 saturated carbocycles. The van der Waals surface area contributed by atoms with E-state index in [1.807, 2.05) is 11.5 Å². The van der Waals surface area contributed by atoms with Crippen molar-refractivity contribution in [2.45, 2.75) is 18.4 Å². The molecule has 0 aliphatic heterocycles. The number of imidazole rings is 1. The first-order valence-corrected chi connectivity index (χ1v) is 6.48. The second-order valence-electron chi connectivity index (χ2n) is 3.33. The third-order valence-electron chi connectivity index (χ3n) is 2.36. The van der Waals surface area contributed by atoms with E-state index in [-0.39, 0.29) is 4.90 Å². The summed E-state index contributed by atoms with van der Waals surface area (Å²) in [7, 11) is -4.17. The number of aromatic nitrogens is 2. The zero-order valence-electron chi connectivity index (χ0n) is 8.47. The molecule has 1 heterocycles. The molecule has 2 N–H and O–H groups in total. The van der Waals surface area contributed by atoms with Gasteiger partial charge in [-0.3, -0.25) is 4.55 Å². The maximum absolute atomic E-state index is 10.9. The molecule has 0 saturated heterocycles. The van der Waals surface area contributed by atoms with Gasteiger partial charge in [0.1, 0.15) is 0 Å². The largest absolute Gasteiger partial charge is 0.331 e. The highest BCUT2D eigenvalue weighted by atomic mass is 32.2. The second kappa shape index (κ2) is 3.69. The number of nitrogens with zero attached hydrogens (tertiary/aromatic N) is 1. The van der Waals surface area contributed by atoms with E-state index in [1.165, 1.54) is 12.1 Å². The monoisotopic (exact) mass is 258 g/mol. The van der Waals surface area contributed by atoms with Crippen LogP contribution in [0.25, 0.3) is 11.0 Å². The number of aromatic amines is 1. The molecule has 0 spiro atoms. The zero-order chi connectivity index (χ0) is 11.9. The summed E-state index contributed by atoms with van der Waals surface area (Å²) in [6.07, 6.45) is 0. The van der Waals surface area contributed by atoms with Gasteiger partial charge in [0.05, 0.1) is 15.9 Å². The lowest BCUT2D eigenvalue weighted by atomic mass is 10.3. The van der Waals surface area contributed by atoms with E-state index in [2.05, 4.69) is 4.98 Å². The molecule has 1 aromatic heterocycles. The molecule has 0 amide bonds. The maximum Gasteiger partial charge on any atom is 0.294 e. The lowest BCUT2D eigenvalue weighted by Crippen LogP contribution is -1.98.